The summed E-state index contributed by atoms with van der Waals surface area (Å²) < 4.78 is 26.1. The molecule has 1 aliphatic heterocycles. The number of hydrogen-bond acceptors (Lipinski definition) is 6. The van der Waals surface area contributed by atoms with Crippen molar-refractivity contribution in [3.05, 3.63) is 64.7 Å². The van der Waals surface area contributed by atoms with Gasteiger partial charge in [0.2, 0.25) is 5.91 Å². The molecule has 6 nitrogen and oxygen atoms in total. The molecule has 1 saturated heterocycles. The lowest BCUT2D eigenvalue weighted by Crippen LogP contribution is -2.41. The van der Waals surface area contributed by atoms with Crippen molar-refractivity contribution in [2.24, 2.45) is 0 Å². The van der Waals surface area contributed by atoms with Crippen LogP contribution in [0.3, 0.4) is 0 Å². The third-order valence-corrected chi connectivity index (χ3v) is 7.98. The van der Waals surface area contributed by atoms with Crippen LogP contribution in [0, 0.1) is 11.3 Å². The van der Waals surface area contributed by atoms with Crippen molar-refractivity contribution < 1.29 is 13.2 Å². The number of amides is 1. The van der Waals surface area contributed by atoms with E-state index < -0.39 is 15.6 Å². The van der Waals surface area contributed by atoms with Gasteiger partial charge in [-0.1, -0.05) is 24.3 Å². The molecule has 30 heavy (non-hydrogen) atoms. The minimum Gasteiger partial charge on any atom is -0.342 e. The maximum atomic E-state index is 12.6. The Morgan fingerprint density at radius 1 is 1.13 bits per heavy atom. The monoisotopic (exact) mass is 439 g/mol. The van der Waals surface area contributed by atoms with Crippen LogP contribution in [0.15, 0.2) is 48.5 Å². The third-order valence-electron chi connectivity index (χ3n) is 5.32. The fraction of sp³-hybridized carbons (Fsp3) is 0.318. The lowest BCUT2D eigenvalue weighted by molar-refractivity contribution is -0.129. The molecular weight excluding hydrogens is 418 g/mol. The van der Waals surface area contributed by atoms with Crippen LogP contribution in [0.2, 0.25) is 0 Å². The van der Waals surface area contributed by atoms with E-state index in [2.05, 4.69) is 6.07 Å². The molecule has 1 amide bonds. The Bertz CT molecular complexity index is 1170. The largest absolute Gasteiger partial charge is 0.342 e. The van der Waals surface area contributed by atoms with Gasteiger partial charge < -0.3 is 4.90 Å². The van der Waals surface area contributed by atoms with Gasteiger partial charge in [0.1, 0.15) is 5.75 Å². The Morgan fingerprint density at radius 2 is 1.83 bits per heavy atom. The molecule has 0 radical (unpaired) electrons. The number of fused-ring (bicyclic) bond motifs is 1. The lowest BCUT2D eigenvalue weighted by atomic mass is 9.97. The molecule has 1 fully saturated rings. The Balaban J connectivity index is 1.33. The van der Waals surface area contributed by atoms with Crippen LogP contribution in [0.4, 0.5) is 0 Å². The molecule has 154 valence electrons. The molecule has 4 rings (SSSR count). The number of para-hydroxylation sites is 1. The molecule has 0 atom stereocenters. The number of nitriles is 1. The smallest absolute Gasteiger partial charge is 0.237 e. The quantitative estimate of drug-likeness (QED) is 0.607. The van der Waals surface area contributed by atoms with Gasteiger partial charge in [-0.25, -0.2) is 13.4 Å². The molecule has 2 aromatic carbocycles. The van der Waals surface area contributed by atoms with E-state index in [9.17, 15) is 13.2 Å². The number of thiazole rings is 1. The van der Waals surface area contributed by atoms with Gasteiger partial charge in [-0.3, -0.25) is 4.79 Å². The number of hydrogen-bond donors (Lipinski definition) is 0. The Hall–Kier alpha value is -2.76. The Kier molecular flexibility index (Phi) is 5.84. The summed E-state index contributed by atoms with van der Waals surface area (Å²) in [6, 6.07) is 16.4. The number of piperidine rings is 1. The van der Waals surface area contributed by atoms with Crippen LogP contribution < -0.4 is 0 Å². The van der Waals surface area contributed by atoms with Crippen LogP contribution in [-0.2, 0) is 20.4 Å². The molecule has 1 aromatic heterocycles. The summed E-state index contributed by atoms with van der Waals surface area (Å²) in [5.41, 5.74) is 2.06. The molecular formula is C22H21N3O3S2. The summed E-state index contributed by atoms with van der Waals surface area (Å²) in [5, 5.41) is 9.92. The fourth-order valence-corrected chi connectivity index (χ4v) is 6.20. The van der Waals surface area contributed by atoms with Crippen molar-refractivity contribution in [3.63, 3.8) is 0 Å². The summed E-state index contributed by atoms with van der Waals surface area (Å²) in [6.07, 6.45) is 1.59. The van der Waals surface area contributed by atoms with Crippen LogP contribution in [0.5, 0.6) is 0 Å². The molecule has 8 heteroatoms. The second-order valence-electron chi connectivity index (χ2n) is 7.52. The third kappa shape index (κ3) is 4.69. The SMILES string of the molecule is N#Cc1ccc(CS(=O)(=O)CC(=O)N2CCC(c3nc4ccccc4s3)CC2)cc1. The molecule has 0 saturated carbocycles. The summed E-state index contributed by atoms with van der Waals surface area (Å²) in [7, 11) is -3.57. The number of rotatable bonds is 5. The van der Waals surface area contributed by atoms with Gasteiger partial charge in [-0.15, -0.1) is 11.3 Å². The summed E-state index contributed by atoms with van der Waals surface area (Å²) in [6.45, 7) is 1.09. The van der Waals surface area contributed by atoms with E-state index in [1.165, 1.54) is 4.70 Å². The molecule has 1 aliphatic rings. The number of carbonyl (C=O) groups is 1. The van der Waals surface area contributed by atoms with Crippen molar-refractivity contribution in [2.75, 3.05) is 18.8 Å². The normalized spacial score (nSPS) is 15.2. The predicted octanol–water partition coefficient (Wildman–Crippen LogP) is 3.49. The number of carbonyl (C=O) groups excluding carboxylic acids is 1. The maximum absolute atomic E-state index is 12.6. The van der Waals surface area contributed by atoms with Crippen molar-refractivity contribution in [3.8, 4) is 6.07 Å². The van der Waals surface area contributed by atoms with Gasteiger partial charge >= 0.3 is 0 Å². The summed E-state index contributed by atoms with van der Waals surface area (Å²) in [5.74, 6) is -0.723. The first-order valence-corrected chi connectivity index (χ1v) is 12.4. The van der Waals surface area contributed by atoms with E-state index in [-0.39, 0.29) is 11.7 Å². The van der Waals surface area contributed by atoms with E-state index in [1.54, 1.807) is 40.5 Å². The van der Waals surface area contributed by atoms with E-state index >= 15 is 0 Å². The fourth-order valence-electron chi connectivity index (χ4n) is 3.70. The van der Waals surface area contributed by atoms with Gasteiger partial charge in [-0.05, 0) is 42.7 Å². The van der Waals surface area contributed by atoms with Crippen molar-refractivity contribution in [1.82, 2.24) is 9.88 Å². The van der Waals surface area contributed by atoms with Crippen LogP contribution >= 0.6 is 11.3 Å². The van der Waals surface area contributed by atoms with Crippen LogP contribution in [0.25, 0.3) is 10.2 Å². The van der Waals surface area contributed by atoms with Gasteiger partial charge in [0.25, 0.3) is 0 Å². The van der Waals surface area contributed by atoms with Gasteiger partial charge in [-0.2, -0.15) is 5.26 Å². The van der Waals surface area contributed by atoms with Gasteiger partial charge in [0.15, 0.2) is 9.84 Å². The Labute approximate surface area is 179 Å². The second kappa shape index (κ2) is 8.54. The highest BCUT2D eigenvalue weighted by Gasteiger charge is 2.28. The lowest BCUT2D eigenvalue weighted by Gasteiger charge is -2.31. The number of benzene rings is 2. The zero-order valence-corrected chi connectivity index (χ0v) is 18.0. The topological polar surface area (TPSA) is 91.1 Å². The molecule has 3 aromatic rings. The highest BCUT2D eigenvalue weighted by atomic mass is 32.2. The standard InChI is InChI=1S/C22H21N3O3S2/c23-13-16-5-7-17(8-6-16)14-30(27,28)15-21(26)25-11-9-18(10-12-25)22-24-19-3-1-2-4-20(19)29-22/h1-8,18H,9-12,14-15H2. The first-order valence-electron chi connectivity index (χ1n) is 9.76. The maximum Gasteiger partial charge on any atom is 0.237 e. The van der Waals surface area contributed by atoms with Gasteiger partial charge in [0.05, 0.1) is 32.6 Å². The first kappa shape index (κ1) is 20.5. The molecule has 0 N–H and O–H groups in total. The van der Waals surface area contributed by atoms with E-state index in [0.29, 0.717) is 30.1 Å². The van der Waals surface area contributed by atoms with Crippen molar-refractivity contribution >= 4 is 37.3 Å². The summed E-state index contributed by atoms with van der Waals surface area (Å²) in [4.78, 5) is 19.0. The van der Waals surface area contributed by atoms with Crippen molar-refractivity contribution in [1.29, 1.82) is 5.26 Å². The highest BCUT2D eigenvalue weighted by Crippen LogP contribution is 2.33. The zero-order chi connectivity index (χ0) is 21.1. The number of sulfone groups is 1. The van der Waals surface area contributed by atoms with E-state index in [1.807, 2.05) is 24.3 Å². The first-order chi connectivity index (χ1) is 14.4. The van der Waals surface area contributed by atoms with Gasteiger partial charge in [0, 0.05) is 19.0 Å². The molecule has 0 bridgehead atoms. The molecule has 2 heterocycles. The second-order valence-corrected chi connectivity index (χ2v) is 10.6. The molecule has 0 spiro atoms. The highest BCUT2D eigenvalue weighted by molar-refractivity contribution is 7.91. The average Bonchev–Trinajstić information content (AvgIpc) is 3.18. The van der Waals surface area contributed by atoms with E-state index in [4.69, 9.17) is 10.2 Å². The minimum absolute atomic E-state index is 0.202. The number of likely N-dealkylation sites (tertiary alicyclic amines) is 1. The van der Waals surface area contributed by atoms with Crippen LogP contribution in [0.1, 0.15) is 34.9 Å². The zero-order valence-electron chi connectivity index (χ0n) is 16.3. The number of nitrogens with zero attached hydrogens (tertiary/aromatic N) is 3. The summed E-state index contributed by atoms with van der Waals surface area (Å²) >= 11 is 1.70. The number of aromatic nitrogens is 1. The predicted molar refractivity (Wildman–Crippen MR) is 117 cm³/mol. The van der Waals surface area contributed by atoms with E-state index in [0.717, 1.165) is 23.4 Å². The molecule has 0 unspecified atom stereocenters. The Morgan fingerprint density at radius 3 is 2.50 bits per heavy atom. The molecule has 0 aliphatic carbocycles. The van der Waals surface area contributed by atoms with Crippen molar-refractivity contribution in [2.45, 2.75) is 24.5 Å². The van der Waals surface area contributed by atoms with Crippen LogP contribution in [-0.4, -0.2) is 43.1 Å². The average molecular weight is 440 g/mol. The minimum atomic E-state index is -3.57.